The second-order valence-electron chi connectivity index (χ2n) is 3.81. The predicted molar refractivity (Wildman–Crippen MR) is 65.4 cm³/mol. The summed E-state index contributed by atoms with van der Waals surface area (Å²) in [6.07, 6.45) is -4.57. The Labute approximate surface area is 109 Å². The molecule has 2 rings (SSSR count). The summed E-state index contributed by atoms with van der Waals surface area (Å²) in [4.78, 5) is 15.4. The molecule has 2 aromatic heterocycles. The van der Waals surface area contributed by atoms with E-state index in [2.05, 4.69) is 4.98 Å². The van der Waals surface area contributed by atoms with Crippen LogP contribution in [-0.2, 0) is 6.18 Å². The number of fused-ring (bicyclic) bond motifs is 1. The van der Waals surface area contributed by atoms with Gasteiger partial charge in [-0.2, -0.15) is 13.2 Å². The summed E-state index contributed by atoms with van der Waals surface area (Å²) in [6, 6.07) is 0.898. The van der Waals surface area contributed by atoms with Crippen molar-refractivity contribution in [1.29, 1.82) is 0 Å². The van der Waals surface area contributed by atoms with Crippen LogP contribution in [-0.4, -0.2) is 10.9 Å². The number of pyridine rings is 1. The van der Waals surface area contributed by atoms with Gasteiger partial charge in [0.25, 0.3) is 5.91 Å². The number of nitrogens with one attached hydrogen (secondary N) is 1. The Morgan fingerprint density at radius 1 is 1.47 bits per heavy atom. The number of carbonyl (C=O) groups excluding carboxylic acids is 1. The van der Waals surface area contributed by atoms with Gasteiger partial charge in [0.1, 0.15) is 9.71 Å². The van der Waals surface area contributed by atoms with Crippen molar-refractivity contribution in [2.45, 2.75) is 13.1 Å². The maximum atomic E-state index is 13.0. The zero-order chi connectivity index (χ0) is 14.4. The summed E-state index contributed by atoms with van der Waals surface area (Å²) in [7, 11) is 0. The molecule has 0 fully saturated rings. The van der Waals surface area contributed by atoms with Gasteiger partial charge >= 0.3 is 6.18 Å². The number of halogens is 3. The molecule has 2 heterocycles. The predicted octanol–water partition coefficient (Wildman–Crippen LogP) is 1.81. The molecule has 0 radical (unpaired) electrons. The summed E-state index contributed by atoms with van der Waals surface area (Å²) in [5.41, 5.74) is 6.49. The number of aromatic nitrogens is 1. The van der Waals surface area contributed by atoms with Crippen LogP contribution in [0.15, 0.2) is 6.07 Å². The van der Waals surface area contributed by atoms with Gasteiger partial charge in [0.2, 0.25) is 0 Å². The van der Waals surface area contributed by atoms with E-state index in [-0.39, 0.29) is 26.5 Å². The molecule has 0 aromatic carbocycles. The van der Waals surface area contributed by atoms with Crippen LogP contribution in [0, 0.1) is 6.92 Å². The highest BCUT2D eigenvalue weighted by Crippen LogP contribution is 2.41. The van der Waals surface area contributed by atoms with Gasteiger partial charge in [-0.05, 0) is 13.0 Å². The van der Waals surface area contributed by atoms with Gasteiger partial charge in [-0.25, -0.2) is 10.8 Å². The summed E-state index contributed by atoms with van der Waals surface area (Å²) in [5, 5.41) is -0.262. The first-order valence-corrected chi connectivity index (χ1v) is 5.85. The Bertz CT molecular complexity index is 665. The Hall–Kier alpha value is -1.87. The molecule has 0 atom stereocenters. The number of nitrogen functional groups attached to an aromatic ring is 2. The van der Waals surface area contributed by atoms with Crippen molar-refractivity contribution in [1.82, 2.24) is 10.4 Å². The quantitative estimate of drug-likeness (QED) is 0.424. The normalized spacial score (nSPS) is 11.8. The van der Waals surface area contributed by atoms with Crippen LogP contribution in [0.25, 0.3) is 10.2 Å². The summed E-state index contributed by atoms with van der Waals surface area (Å²) >= 11 is 0.773. The number of amides is 1. The number of rotatable bonds is 1. The SMILES string of the molecule is Cc1cc(C(F)(F)F)c2c(N)c(C(=O)NN)sc2n1. The number of hydrogen-bond acceptors (Lipinski definition) is 5. The molecule has 0 saturated heterocycles. The average Bonchev–Trinajstić information content (AvgIpc) is 2.63. The van der Waals surface area contributed by atoms with E-state index >= 15 is 0 Å². The maximum Gasteiger partial charge on any atom is 0.417 e. The fourth-order valence-electron chi connectivity index (χ4n) is 1.70. The van der Waals surface area contributed by atoms with Crippen LogP contribution in [0.1, 0.15) is 20.9 Å². The number of nitrogens with two attached hydrogens (primary N) is 2. The van der Waals surface area contributed by atoms with Gasteiger partial charge in [-0.3, -0.25) is 10.2 Å². The van der Waals surface area contributed by atoms with E-state index in [0.29, 0.717) is 0 Å². The highest BCUT2D eigenvalue weighted by Gasteiger charge is 2.35. The van der Waals surface area contributed by atoms with Crippen molar-refractivity contribution in [3.05, 3.63) is 22.2 Å². The number of thiophene rings is 1. The van der Waals surface area contributed by atoms with Gasteiger partial charge in [-0.1, -0.05) is 0 Å². The molecule has 0 spiro atoms. The molecule has 0 unspecified atom stereocenters. The number of nitrogens with zero attached hydrogens (tertiary/aromatic N) is 1. The van der Waals surface area contributed by atoms with Crippen LogP contribution in [0.3, 0.4) is 0 Å². The Morgan fingerprint density at radius 3 is 2.63 bits per heavy atom. The second-order valence-corrected chi connectivity index (χ2v) is 4.81. The minimum Gasteiger partial charge on any atom is -0.397 e. The standard InChI is InChI=1S/C10H9F3N4OS/c1-3-2-4(10(11,12)13)5-6(14)7(8(18)17-15)19-9(5)16-3/h2H,14-15H2,1H3,(H,17,18). The largest absolute Gasteiger partial charge is 0.417 e. The highest BCUT2D eigenvalue weighted by molar-refractivity contribution is 7.21. The smallest absolute Gasteiger partial charge is 0.397 e. The molecular formula is C10H9F3N4OS. The van der Waals surface area contributed by atoms with E-state index < -0.39 is 17.6 Å². The molecule has 0 bridgehead atoms. The second kappa shape index (κ2) is 4.35. The Balaban J connectivity index is 2.84. The van der Waals surface area contributed by atoms with Gasteiger partial charge in [0, 0.05) is 11.1 Å². The molecule has 102 valence electrons. The van der Waals surface area contributed by atoms with Gasteiger partial charge in [0.05, 0.1) is 11.3 Å². The lowest BCUT2D eigenvalue weighted by Crippen LogP contribution is -2.29. The monoisotopic (exact) mass is 290 g/mol. The number of anilines is 1. The lowest BCUT2D eigenvalue weighted by atomic mass is 10.1. The lowest BCUT2D eigenvalue weighted by molar-refractivity contribution is -0.136. The van der Waals surface area contributed by atoms with Crippen molar-refractivity contribution < 1.29 is 18.0 Å². The van der Waals surface area contributed by atoms with E-state index in [1.165, 1.54) is 6.92 Å². The van der Waals surface area contributed by atoms with Crippen molar-refractivity contribution in [2.75, 3.05) is 5.73 Å². The minimum absolute atomic E-state index is 0.0587. The van der Waals surface area contributed by atoms with Crippen molar-refractivity contribution in [3.8, 4) is 0 Å². The van der Waals surface area contributed by atoms with Crippen LogP contribution < -0.4 is 17.0 Å². The van der Waals surface area contributed by atoms with E-state index in [1.54, 1.807) is 0 Å². The third kappa shape index (κ3) is 2.22. The number of carbonyl (C=O) groups is 1. The third-order valence-electron chi connectivity index (χ3n) is 2.47. The number of hydrogen-bond donors (Lipinski definition) is 3. The Kier molecular flexibility index (Phi) is 3.11. The summed E-state index contributed by atoms with van der Waals surface area (Å²) < 4.78 is 38.9. The van der Waals surface area contributed by atoms with Crippen LogP contribution in [0.5, 0.6) is 0 Å². The Morgan fingerprint density at radius 2 is 2.11 bits per heavy atom. The van der Waals surface area contributed by atoms with E-state index in [4.69, 9.17) is 11.6 Å². The molecule has 0 aliphatic heterocycles. The van der Waals surface area contributed by atoms with Gasteiger partial charge in [-0.15, -0.1) is 11.3 Å². The number of aryl methyl sites for hydroxylation is 1. The average molecular weight is 290 g/mol. The molecule has 5 nitrogen and oxygen atoms in total. The first-order valence-electron chi connectivity index (χ1n) is 5.03. The lowest BCUT2D eigenvalue weighted by Gasteiger charge is -2.09. The molecule has 0 saturated carbocycles. The maximum absolute atomic E-state index is 13.0. The molecule has 0 aliphatic rings. The number of alkyl halides is 3. The first-order chi connectivity index (χ1) is 8.75. The fourth-order valence-corrected chi connectivity index (χ4v) is 2.77. The zero-order valence-electron chi connectivity index (χ0n) is 9.63. The zero-order valence-corrected chi connectivity index (χ0v) is 10.4. The van der Waals surface area contributed by atoms with Crippen LogP contribution in [0.4, 0.5) is 18.9 Å². The molecule has 0 aliphatic carbocycles. The third-order valence-corrected chi connectivity index (χ3v) is 3.57. The van der Waals surface area contributed by atoms with Crippen molar-refractivity contribution in [3.63, 3.8) is 0 Å². The van der Waals surface area contributed by atoms with Gasteiger partial charge < -0.3 is 5.73 Å². The van der Waals surface area contributed by atoms with Crippen LogP contribution >= 0.6 is 11.3 Å². The topological polar surface area (TPSA) is 94.0 Å². The van der Waals surface area contributed by atoms with Crippen LogP contribution in [0.2, 0.25) is 0 Å². The molecule has 9 heteroatoms. The fraction of sp³-hybridized carbons (Fsp3) is 0.200. The molecule has 1 amide bonds. The summed E-state index contributed by atoms with van der Waals surface area (Å²) in [6.45, 7) is 1.44. The molecule has 5 N–H and O–H groups in total. The molecule has 2 aromatic rings. The molecular weight excluding hydrogens is 281 g/mol. The highest BCUT2D eigenvalue weighted by atomic mass is 32.1. The van der Waals surface area contributed by atoms with Crippen molar-refractivity contribution in [2.24, 2.45) is 5.84 Å². The van der Waals surface area contributed by atoms with Crippen molar-refractivity contribution >= 4 is 33.1 Å². The molecule has 19 heavy (non-hydrogen) atoms. The minimum atomic E-state index is -4.57. The number of hydrazine groups is 1. The first kappa shape index (κ1) is 13.6. The van der Waals surface area contributed by atoms with E-state index in [0.717, 1.165) is 17.4 Å². The van der Waals surface area contributed by atoms with E-state index in [9.17, 15) is 18.0 Å². The summed E-state index contributed by atoms with van der Waals surface area (Å²) in [5.74, 6) is 4.21. The van der Waals surface area contributed by atoms with E-state index in [1.807, 2.05) is 5.43 Å². The van der Waals surface area contributed by atoms with Gasteiger partial charge in [0.15, 0.2) is 0 Å².